The van der Waals surface area contributed by atoms with E-state index >= 15 is 0 Å². The van der Waals surface area contributed by atoms with Crippen LogP contribution < -0.4 is 14.8 Å². The Labute approximate surface area is 250 Å². The molecule has 0 unspecified atom stereocenters. The summed E-state index contributed by atoms with van der Waals surface area (Å²) in [6, 6.07) is 5.12. The lowest BCUT2D eigenvalue weighted by Crippen LogP contribution is -2.48. The highest BCUT2D eigenvalue weighted by Gasteiger charge is 2.59. The predicted octanol–water partition coefficient (Wildman–Crippen LogP) is 5.75. The van der Waals surface area contributed by atoms with Crippen molar-refractivity contribution in [3.63, 3.8) is 0 Å². The fourth-order valence-electron chi connectivity index (χ4n) is 5.64. The minimum atomic E-state index is -1.17. The standard InChI is InChI=1S/C32H48N4O6/c1-18(2)41-28-21(13-12-16-33-28)25-24(34-17-20-14-15-22(31(5,6)7)35-27(20)40-11)23(32(8,9)10)26(29(37)38)36(25)30(39)42-19(3)4/h12-16,18-19,23-26,34H,17H2,1-11H3,(H,37,38)/t23-,24-,25-,26-/m0/s1. The summed E-state index contributed by atoms with van der Waals surface area (Å²) in [5.41, 5.74) is 1.64. The third-order valence-corrected chi connectivity index (χ3v) is 7.36. The molecule has 0 aromatic carbocycles. The quantitative estimate of drug-likeness (QED) is 0.379. The normalized spacial score (nSPS) is 21.1. The van der Waals surface area contributed by atoms with Crippen LogP contribution in [0.15, 0.2) is 30.5 Å². The third kappa shape index (κ3) is 7.32. The summed E-state index contributed by atoms with van der Waals surface area (Å²) < 4.78 is 17.4. The fourth-order valence-corrected chi connectivity index (χ4v) is 5.64. The van der Waals surface area contributed by atoms with Crippen LogP contribution in [0, 0.1) is 11.3 Å². The second kappa shape index (κ2) is 12.9. The number of carbonyl (C=O) groups excluding carboxylic acids is 1. The Hall–Kier alpha value is -3.40. The second-order valence-electron chi connectivity index (χ2n) is 13.5. The average molecular weight is 585 g/mol. The van der Waals surface area contributed by atoms with E-state index in [0.29, 0.717) is 23.9 Å². The molecule has 2 N–H and O–H groups in total. The molecule has 10 heteroatoms. The molecule has 1 saturated heterocycles. The van der Waals surface area contributed by atoms with Gasteiger partial charge in [-0.1, -0.05) is 47.6 Å². The molecule has 1 fully saturated rings. The first-order chi connectivity index (χ1) is 19.5. The van der Waals surface area contributed by atoms with Gasteiger partial charge in [0.2, 0.25) is 11.8 Å². The maximum atomic E-state index is 13.7. The van der Waals surface area contributed by atoms with Crippen molar-refractivity contribution >= 4 is 12.1 Å². The number of carboxylic acid groups (broad SMARTS) is 1. The van der Waals surface area contributed by atoms with Crippen LogP contribution in [-0.4, -0.2) is 63.4 Å². The first-order valence-corrected chi connectivity index (χ1v) is 14.6. The maximum absolute atomic E-state index is 13.7. The molecule has 2 aromatic heterocycles. The van der Waals surface area contributed by atoms with Crippen LogP contribution in [0.25, 0.3) is 0 Å². The third-order valence-electron chi connectivity index (χ3n) is 7.36. The van der Waals surface area contributed by atoms with E-state index in [9.17, 15) is 14.7 Å². The lowest BCUT2D eigenvalue weighted by atomic mass is 9.72. The van der Waals surface area contributed by atoms with Gasteiger partial charge >= 0.3 is 12.1 Å². The number of aliphatic carboxylic acids is 1. The summed E-state index contributed by atoms with van der Waals surface area (Å²) in [4.78, 5) is 37.3. The number of amides is 1. The van der Waals surface area contributed by atoms with Gasteiger partial charge in [0.1, 0.15) is 6.04 Å². The summed E-state index contributed by atoms with van der Waals surface area (Å²) in [5, 5.41) is 14.2. The van der Waals surface area contributed by atoms with Crippen molar-refractivity contribution < 1.29 is 28.9 Å². The van der Waals surface area contributed by atoms with E-state index in [2.05, 4.69) is 31.1 Å². The lowest BCUT2D eigenvalue weighted by molar-refractivity contribution is -0.144. The molecule has 1 amide bonds. The Morgan fingerprint density at radius 1 is 1.02 bits per heavy atom. The molecule has 42 heavy (non-hydrogen) atoms. The van der Waals surface area contributed by atoms with Crippen LogP contribution in [0.4, 0.5) is 4.79 Å². The number of hydrogen-bond donors (Lipinski definition) is 2. The molecule has 232 valence electrons. The summed E-state index contributed by atoms with van der Waals surface area (Å²) in [6.45, 7) is 19.8. The Kier molecular flexibility index (Phi) is 10.1. The van der Waals surface area contributed by atoms with Gasteiger partial charge in [-0.25, -0.2) is 19.6 Å². The molecule has 4 atom stereocenters. The molecule has 0 spiro atoms. The van der Waals surface area contributed by atoms with Gasteiger partial charge < -0.3 is 24.6 Å². The van der Waals surface area contributed by atoms with Crippen molar-refractivity contribution in [2.75, 3.05) is 7.11 Å². The van der Waals surface area contributed by atoms with Crippen LogP contribution >= 0.6 is 0 Å². The van der Waals surface area contributed by atoms with Gasteiger partial charge in [-0.05, 0) is 51.3 Å². The van der Waals surface area contributed by atoms with Crippen molar-refractivity contribution in [1.29, 1.82) is 0 Å². The van der Waals surface area contributed by atoms with Crippen molar-refractivity contribution in [2.45, 2.75) is 112 Å². The zero-order valence-corrected chi connectivity index (χ0v) is 26.9. The largest absolute Gasteiger partial charge is 0.481 e. The van der Waals surface area contributed by atoms with Crippen LogP contribution in [0.5, 0.6) is 11.8 Å². The molecule has 0 radical (unpaired) electrons. The number of pyridine rings is 2. The predicted molar refractivity (Wildman–Crippen MR) is 161 cm³/mol. The SMILES string of the molecule is COc1nc(C(C)(C)C)ccc1CN[C@H]1[C@H](C(C)(C)C)[C@@H](C(=O)O)N(C(=O)OC(C)C)[C@H]1c1cccnc1OC(C)C. The number of carbonyl (C=O) groups is 2. The highest BCUT2D eigenvalue weighted by molar-refractivity contribution is 5.82. The van der Waals surface area contributed by atoms with Crippen molar-refractivity contribution in [1.82, 2.24) is 20.2 Å². The minimum Gasteiger partial charge on any atom is -0.481 e. The molecule has 0 saturated carbocycles. The number of ether oxygens (including phenoxy) is 3. The smallest absolute Gasteiger partial charge is 0.411 e. The molecule has 1 aliphatic rings. The summed E-state index contributed by atoms with van der Waals surface area (Å²) in [6.07, 6.45) is 0.296. The van der Waals surface area contributed by atoms with Crippen molar-refractivity contribution in [2.24, 2.45) is 11.3 Å². The molecular weight excluding hydrogens is 536 g/mol. The van der Waals surface area contributed by atoms with Gasteiger partial charge in [-0.15, -0.1) is 0 Å². The molecule has 10 nitrogen and oxygen atoms in total. The first-order valence-electron chi connectivity index (χ1n) is 14.6. The van der Waals surface area contributed by atoms with Crippen LogP contribution in [0.2, 0.25) is 0 Å². The van der Waals surface area contributed by atoms with Gasteiger partial charge in [0.05, 0.1) is 25.4 Å². The highest BCUT2D eigenvalue weighted by Crippen LogP contribution is 2.50. The van der Waals surface area contributed by atoms with Crippen LogP contribution in [-0.2, 0) is 21.5 Å². The van der Waals surface area contributed by atoms with E-state index in [1.165, 1.54) is 4.90 Å². The number of likely N-dealkylation sites (tertiary alicyclic amines) is 1. The molecule has 2 aromatic rings. The van der Waals surface area contributed by atoms with Crippen LogP contribution in [0.1, 0.15) is 92.1 Å². The number of nitrogens with zero attached hydrogens (tertiary/aromatic N) is 3. The molecule has 3 rings (SSSR count). The zero-order valence-electron chi connectivity index (χ0n) is 26.9. The minimum absolute atomic E-state index is 0.160. The first kappa shape index (κ1) is 33.1. The van der Waals surface area contributed by atoms with E-state index in [-0.39, 0.29) is 11.5 Å². The van der Waals surface area contributed by atoms with Crippen molar-refractivity contribution in [3.05, 3.63) is 47.3 Å². The topological polar surface area (TPSA) is 123 Å². The van der Waals surface area contributed by atoms with Gasteiger partial charge in [-0.2, -0.15) is 0 Å². The van der Waals surface area contributed by atoms with E-state index < -0.39 is 47.6 Å². The monoisotopic (exact) mass is 584 g/mol. The fraction of sp³-hybridized carbons (Fsp3) is 0.625. The maximum Gasteiger partial charge on any atom is 0.411 e. The molecule has 1 aliphatic heterocycles. The van der Waals surface area contributed by atoms with E-state index in [1.54, 1.807) is 33.2 Å². The number of carboxylic acids is 1. The molecule has 3 heterocycles. The van der Waals surface area contributed by atoms with Crippen molar-refractivity contribution in [3.8, 4) is 11.8 Å². The number of rotatable bonds is 9. The second-order valence-corrected chi connectivity index (χ2v) is 13.5. The average Bonchev–Trinajstić information content (AvgIpc) is 3.22. The van der Waals surface area contributed by atoms with Crippen LogP contribution in [0.3, 0.4) is 0 Å². The Bertz CT molecular complexity index is 1250. The number of methoxy groups -OCH3 is 1. The van der Waals surface area contributed by atoms with E-state index in [1.807, 2.05) is 52.8 Å². The summed E-state index contributed by atoms with van der Waals surface area (Å²) in [7, 11) is 1.59. The van der Waals surface area contributed by atoms with Gasteiger partial charge in [-0.3, -0.25) is 4.90 Å². The van der Waals surface area contributed by atoms with Gasteiger partial charge in [0, 0.05) is 46.9 Å². The Morgan fingerprint density at radius 2 is 1.69 bits per heavy atom. The Balaban J connectivity index is 2.20. The molecular formula is C32H48N4O6. The highest BCUT2D eigenvalue weighted by atomic mass is 16.6. The molecule has 0 bridgehead atoms. The summed E-state index contributed by atoms with van der Waals surface area (Å²) in [5.74, 6) is -0.777. The lowest BCUT2D eigenvalue weighted by Gasteiger charge is -2.35. The van der Waals surface area contributed by atoms with E-state index in [4.69, 9.17) is 19.2 Å². The van der Waals surface area contributed by atoms with E-state index in [0.717, 1.165) is 11.3 Å². The van der Waals surface area contributed by atoms with Gasteiger partial charge in [0.25, 0.3) is 0 Å². The molecule has 0 aliphatic carbocycles. The number of nitrogens with one attached hydrogen (secondary N) is 1. The van der Waals surface area contributed by atoms with Gasteiger partial charge in [0.15, 0.2) is 0 Å². The Morgan fingerprint density at radius 3 is 2.21 bits per heavy atom. The summed E-state index contributed by atoms with van der Waals surface area (Å²) >= 11 is 0. The number of hydrogen-bond acceptors (Lipinski definition) is 8. The number of aromatic nitrogens is 2. The zero-order chi connectivity index (χ0) is 31.6.